The first-order valence-corrected chi connectivity index (χ1v) is 9.05. The Morgan fingerprint density at radius 3 is 2.61 bits per heavy atom. The van der Waals surface area contributed by atoms with Gasteiger partial charge in [0.15, 0.2) is 0 Å². The molecule has 23 heavy (non-hydrogen) atoms. The predicted octanol–water partition coefficient (Wildman–Crippen LogP) is 3.22. The fourth-order valence-corrected chi connectivity index (χ4v) is 3.74. The van der Waals surface area contributed by atoms with Gasteiger partial charge in [-0.1, -0.05) is 6.92 Å². The first-order valence-electron chi connectivity index (χ1n) is 9.05. The molecule has 2 fully saturated rings. The first-order chi connectivity index (χ1) is 11.3. The van der Waals surface area contributed by atoms with Crippen molar-refractivity contribution in [3.63, 3.8) is 0 Å². The Bertz CT molecular complexity index is 509. The Morgan fingerprint density at radius 1 is 1.17 bits per heavy atom. The Hall–Kier alpha value is -1.55. The van der Waals surface area contributed by atoms with Crippen molar-refractivity contribution in [2.24, 2.45) is 0 Å². The Labute approximate surface area is 139 Å². The minimum atomic E-state index is 0.0142. The molecule has 2 aliphatic rings. The summed E-state index contributed by atoms with van der Waals surface area (Å²) in [6.45, 7) is 5.15. The van der Waals surface area contributed by atoms with E-state index < -0.39 is 0 Å². The van der Waals surface area contributed by atoms with Gasteiger partial charge < -0.3 is 10.1 Å². The van der Waals surface area contributed by atoms with Gasteiger partial charge in [0.2, 0.25) is 0 Å². The van der Waals surface area contributed by atoms with E-state index in [9.17, 15) is 4.79 Å². The molecule has 1 aliphatic carbocycles. The van der Waals surface area contributed by atoms with E-state index in [0.29, 0.717) is 17.7 Å². The average Bonchev–Trinajstić information content (AvgIpc) is 3.24. The fourth-order valence-electron chi connectivity index (χ4n) is 3.74. The van der Waals surface area contributed by atoms with Crippen molar-refractivity contribution in [1.29, 1.82) is 0 Å². The number of hydrogen-bond donors (Lipinski definition) is 1. The zero-order valence-corrected chi connectivity index (χ0v) is 14.1. The smallest absolute Gasteiger partial charge is 0.251 e. The van der Waals surface area contributed by atoms with Crippen molar-refractivity contribution in [3.05, 3.63) is 29.8 Å². The van der Waals surface area contributed by atoms with E-state index in [4.69, 9.17) is 4.74 Å². The van der Waals surface area contributed by atoms with E-state index in [-0.39, 0.29) is 5.91 Å². The highest BCUT2D eigenvalue weighted by atomic mass is 16.5. The maximum atomic E-state index is 12.3. The molecule has 1 heterocycles. The highest BCUT2D eigenvalue weighted by Crippen LogP contribution is 2.24. The lowest BCUT2D eigenvalue weighted by atomic mass is 10.2. The Balaban J connectivity index is 1.49. The van der Waals surface area contributed by atoms with E-state index in [2.05, 4.69) is 17.1 Å². The number of hydrogen-bond acceptors (Lipinski definition) is 3. The second kappa shape index (κ2) is 7.82. The lowest BCUT2D eigenvalue weighted by Gasteiger charge is -2.22. The molecule has 1 amide bonds. The summed E-state index contributed by atoms with van der Waals surface area (Å²) in [5.74, 6) is 0.891. The topological polar surface area (TPSA) is 41.6 Å². The molecule has 4 heteroatoms. The number of ether oxygens (including phenoxy) is 1. The van der Waals surface area contributed by atoms with Crippen molar-refractivity contribution < 1.29 is 9.53 Å². The van der Waals surface area contributed by atoms with E-state index in [1.165, 1.54) is 25.7 Å². The molecule has 0 radical (unpaired) electrons. The molecule has 1 aromatic carbocycles. The molecule has 0 aromatic heterocycles. The van der Waals surface area contributed by atoms with E-state index in [0.717, 1.165) is 38.2 Å². The van der Waals surface area contributed by atoms with Gasteiger partial charge >= 0.3 is 0 Å². The van der Waals surface area contributed by atoms with Crippen molar-refractivity contribution in [3.8, 4) is 5.75 Å². The van der Waals surface area contributed by atoms with Crippen LogP contribution in [0.15, 0.2) is 24.3 Å². The summed E-state index contributed by atoms with van der Waals surface area (Å²) in [6, 6.07) is 8.06. The molecular weight excluding hydrogens is 288 g/mol. The minimum absolute atomic E-state index is 0.0142. The van der Waals surface area contributed by atoms with Crippen LogP contribution in [0.3, 0.4) is 0 Å². The summed E-state index contributed by atoms with van der Waals surface area (Å²) in [5, 5.41) is 3.08. The zero-order valence-electron chi connectivity index (χ0n) is 14.1. The molecule has 1 N–H and O–H groups in total. The third-order valence-electron chi connectivity index (χ3n) is 5.12. The number of likely N-dealkylation sites (tertiary alicyclic amines) is 1. The van der Waals surface area contributed by atoms with Gasteiger partial charge in [-0.05, 0) is 75.9 Å². The van der Waals surface area contributed by atoms with Crippen LogP contribution < -0.4 is 10.1 Å². The molecule has 4 nitrogen and oxygen atoms in total. The summed E-state index contributed by atoms with van der Waals surface area (Å²) < 4.78 is 5.94. The molecule has 1 atom stereocenters. The number of carbonyl (C=O) groups excluding carboxylic acids is 1. The molecule has 1 aliphatic heterocycles. The van der Waals surface area contributed by atoms with Gasteiger partial charge in [0.05, 0.1) is 6.10 Å². The molecule has 0 spiro atoms. The lowest BCUT2D eigenvalue weighted by Crippen LogP contribution is -2.40. The summed E-state index contributed by atoms with van der Waals surface area (Å²) in [7, 11) is 0. The number of rotatable bonds is 6. The number of benzene rings is 1. The summed E-state index contributed by atoms with van der Waals surface area (Å²) in [6.07, 6.45) is 7.61. The van der Waals surface area contributed by atoms with Gasteiger partial charge in [-0.25, -0.2) is 0 Å². The maximum Gasteiger partial charge on any atom is 0.251 e. The quantitative estimate of drug-likeness (QED) is 0.876. The summed E-state index contributed by atoms with van der Waals surface area (Å²) in [5.41, 5.74) is 0.713. The van der Waals surface area contributed by atoms with Crippen LogP contribution in [0.4, 0.5) is 0 Å². The highest BCUT2D eigenvalue weighted by Gasteiger charge is 2.23. The molecule has 126 valence electrons. The van der Waals surface area contributed by atoms with E-state index in [1.807, 2.05) is 24.3 Å². The molecule has 0 bridgehead atoms. The van der Waals surface area contributed by atoms with Crippen LogP contribution in [0.5, 0.6) is 5.75 Å². The van der Waals surface area contributed by atoms with Crippen molar-refractivity contribution in [1.82, 2.24) is 10.2 Å². The largest absolute Gasteiger partial charge is 0.490 e. The number of likely N-dealkylation sites (N-methyl/N-ethyl adjacent to an activating group) is 1. The zero-order chi connectivity index (χ0) is 16.1. The Kier molecular flexibility index (Phi) is 5.55. The van der Waals surface area contributed by atoms with Crippen LogP contribution in [0.1, 0.15) is 55.8 Å². The van der Waals surface area contributed by atoms with Gasteiger partial charge in [0.1, 0.15) is 5.75 Å². The summed E-state index contributed by atoms with van der Waals surface area (Å²) >= 11 is 0. The molecule has 3 rings (SSSR count). The van der Waals surface area contributed by atoms with Crippen LogP contribution in [-0.2, 0) is 0 Å². The third-order valence-corrected chi connectivity index (χ3v) is 5.12. The van der Waals surface area contributed by atoms with Crippen LogP contribution in [0.25, 0.3) is 0 Å². The molecule has 1 saturated heterocycles. The van der Waals surface area contributed by atoms with Crippen LogP contribution in [-0.4, -0.2) is 42.6 Å². The number of nitrogens with zero attached hydrogens (tertiary/aromatic N) is 1. The van der Waals surface area contributed by atoms with Crippen LogP contribution >= 0.6 is 0 Å². The number of nitrogens with one attached hydrogen (secondary N) is 1. The lowest BCUT2D eigenvalue weighted by molar-refractivity contribution is 0.0941. The number of carbonyl (C=O) groups is 1. The minimum Gasteiger partial charge on any atom is -0.490 e. The predicted molar refractivity (Wildman–Crippen MR) is 91.9 cm³/mol. The van der Waals surface area contributed by atoms with Crippen molar-refractivity contribution >= 4 is 5.91 Å². The van der Waals surface area contributed by atoms with Crippen LogP contribution in [0, 0.1) is 0 Å². The molecule has 1 saturated carbocycles. The molecule has 1 aromatic rings. The standard InChI is InChI=1S/C19H28N2O2/c1-2-21-13-5-6-16(21)14-20-19(22)15-9-11-18(12-10-15)23-17-7-3-4-8-17/h9-12,16-17H,2-8,13-14H2,1H3,(H,20,22)/t16-/m0/s1. The molecule has 0 unspecified atom stereocenters. The van der Waals surface area contributed by atoms with Gasteiger partial charge in [0.25, 0.3) is 5.91 Å². The fraction of sp³-hybridized carbons (Fsp3) is 0.632. The van der Waals surface area contributed by atoms with Crippen LogP contribution in [0.2, 0.25) is 0 Å². The Morgan fingerprint density at radius 2 is 1.91 bits per heavy atom. The average molecular weight is 316 g/mol. The second-order valence-corrected chi connectivity index (χ2v) is 6.68. The van der Waals surface area contributed by atoms with Gasteiger partial charge in [-0.3, -0.25) is 9.69 Å². The molecular formula is C19H28N2O2. The van der Waals surface area contributed by atoms with Gasteiger partial charge in [0, 0.05) is 18.2 Å². The second-order valence-electron chi connectivity index (χ2n) is 6.68. The SMILES string of the molecule is CCN1CCC[C@H]1CNC(=O)c1ccc(OC2CCCC2)cc1. The van der Waals surface area contributed by atoms with Crippen molar-refractivity contribution in [2.45, 2.75) is 57.6 Å². The number of amides is 1. The third kappa shape index (κ3) is 4.25. The highest BCUT2D eigenvalue weighted by molar-refractivity contribution is 5.94. The summed E-state index contributed by atoms with van der Waals surface area (Å²) in [4.78, 5) is 14.7. The first kappa shape index (κ1) is 16.3. The van der Waals surface area contributed by atoms with Crippen molar-refractivity contribution in [2.75, 3.05) is 19.6 Å². The van der Waals surface area contributed by atoms with Gasteiger partial charge in [-0.15, -0.1) is 0 Å². The van der Waals surface area contributed by atoms with E-state index >= 15 is 0 Å². The van der Waals surface area contributed by atoms with Gasteiger partial charge in [-0.2, -0.15) is 0 Å². The normalized spacial score (nSPS) is 22.4. The van der Waals surface area contributed by atoms with E-state index in [1.54, 1.807) is 0 Å². The maximum absolute atomic E-state index is 12.3. The monoisotopic (exact) mass is 316 g/mol.